The quantitative estimate of drug-likeness (QED) is 0.850. The van der Waals surface area contributed by atoms with E-state index in [0.29, 0.717) is 6.04 Å². The van der Waals surface area contributed by atoms with Crippen molar-refractivity contribution in [1.29, 1.82) is 0 Å². The van der Waals surface area contributed by atoms with Gasteiger partial charge in [0, 0.05) is 19.6 Å². The summed E-state index contributed by atoms with van der Waals surface area (Å²) in [4.78, 5) is 16.3. The van der Waals surface area contributed by atoms with Gasteiger partial charge in [-0.05, 0) is 38.8 Å². The number of nitrogens with zero attached hydrogens (tertiary/aromatic N) is 2. The van der Waals surface area contributed by atoms with Crippen molar-refractivity contribution in [3.63, 3.8) is 0 Å². The van der Waals surface area contributed by atoms with Gasteiger partial charge in [0.05, 0.1) is 5.54 Å². The molecule has 1 heterocycles. The molecule has 1 unspecified atom stereocenters. The third kappa shape index (κ3) is 3.73. The maximum Gasteiger partial charge on any atom is 0.242 e. The molecule has 4 nitrogen and oxygen atoms in total. The SMILES string of the molecule is CCN1CCCC1CN(C)C(=O)C1(N)CC1.Cl.Cl. The Balaban J connectivity index is 0.00000144. The molecule has 1 aliphatic heterocycles. The fourth-order valence-corrected chi connectivity index (χ4v) is 2.65. The van der Waals surface area contributed by atoms with E-state index in [9.17, 15) is 4.79 Å². The molecule has 2 fully saturated rings. The Morgan fingerprint density at radius 2 is 2.06 bits per heavy atom. The fraction of sp³-hybridized carbons (Fsp3) is 0.917. The molecular formula is C12H25Cl2N3O. The van der Waals surface area contributed by atoms with Crippen molar-refractivity contribution in [2.45, 2.75) is 44.2 Å². The van der Waals surface area contributed by atoms with Crippen molar-refractivity contribution in [2.75, 3.05) is 26.7 Å². The van der Waals surface area contributed by atoms with E-state index < -0.39 is 5.54 Å². The van der Waals surface area contributed by atoms with Crippen LogP contribution in [0, 0.1) is 0 Å². The standard InChI is InChI=1S/C12H23N3O.2ClH/c1-3-15-8-4-5-10(15)9-14(2)11(16)12(13)6-7-12;;/h10H,3-9,13H2,1-2H3;2*1H. The Hall–Kier alpha value is -0.0300. The molecule has 0 bridgehead atoms. The third-order valence-electron chi connectivity index (χ3n) is 3.95. The van der Waals surface area contributed by atoms with Gasteiger partial charge >= 0.3 is 0 Å². The van der Waals surface area contributed by atoms with Gasteiger partial charge in [-0.1, -0.05) is 6.92 Å². The van der Waals surface area contributed by atoms with Crippen molar-refractivity contribution < 1.29 is 4.79 Å². The van der Waals surface area contributed by atoms with Crippen molar-refractivity contribution in [3.05, 3.63) is 0 Å². The van der Waals surface area contributed by atoms with Crippen LogP contribution in [0.2, 0.25) is 0 Å². The van der Waals surface area contributed by atoms with Crippen LogP contribution in [0.4, 0.5) is 0 Å². The number of amides is 1. The molecule has 0 spiro atoms. The van der Waals surface area contributed by atoms with Gasteiger partial charge in [0.25, 0.3) is 0 Å². The predicted molar refractivity (Wildman–Crippen MR) is 78.6 cm³/mol. The van der Waals surface area contributed by atoms with E-state index in [1.807, 2.05) is 11.9 Å². The van der Waals surface area contributed by atoms with E-state index in [-0.39, 0.29) is 30.7 Å². The minimum atomic E-state index is -0.510. The molecule has 2 aliphatic rings. The van der Waals surface area contributed by atoms with Crippen LogP contribution in [-0.4, -0.2) is 54.0 Å². The van der Waals surface area contributed by atoms with Crippen LogP contribution in [-0.2, 0) is 4.79 Å². The molecule has 1 atom stereocenters. The van der Waals surface area contributed by atoms with Crippen LogP contribution in [0.5, 0.6) is 0 Å². The summed E-state index contributed by atoms with van der Waals surface area (Å²) in [6.07, 6.45) is 4.19. The van der Waals surface area contributed by atoms with Crippen LogP contribution in [0.3, 0.4) is 0 Å². The number of carbonyl (C=O) groups excluding carboxylic acids is 1. The van der Waals surface area contributed by atoms with E-state index in [2.05, 4.69) is 11.8 Å². The van der Waals surface area contributed by atoms with Gasteiger partial charge in [-0.25, -0.2) is 0 Å². The first-order chi connectivity index (χ1) is 7.57. The number of carbonyl (C=O) groups is 1. The van der Waals surface area contributed by atoms with Gasteiger partial charge in [-0.2, -0.15) is 0 Å². The molecule has 0 radical (unpaired) electrons. The molecule has 1 saturated heterocycles. The highest BCUT2D eigenvalue weighted by molar-refractivity contribution is 5.88. The van der Waals surface area contributed by atoms with E-state index in [1.165, 1.54) is 19.4 Å². The highest BCUT2D eigenvalue weighted by atomic mass is 35.5. The maximum absolute atomic E-state index is 12.0. The number of hydrogen-bond donors (Lipinski definition) is 1. The number of halogens is 2. The zero-order chi connectivity index (χ0) is 11.8. The second-order valence-corrected chi connectivity index (χ2v) is 5.27. The zero-order valence-corrected chi connectivity index (χ0v) is 12.9. The lowest BCUT2D eigenvalue weighted by atomic mass is 10.2. The average molecular weight is 298 g/mol. The average Bonchev–Trinajstić information content (AvgIpc) is 2.86. The van der Waals surface area contributed by atoms with Crippen molar-refractivity contribution in [1.82, 2.24) is 9.80 Å². The smallest absolute Gasteiger partial charge is 0.242 e. The first-order valence-corrected chi connectivity index (χ1v) is 6.35. The lowest BCUT2D eigenvalue weighted by molar-refractivity contribution is -0.132. The van der Waals surface area contributed by atoms with Gasteiger partial charge in [0.1, 0.15) is 0 Å². The molecule has 0 aromatic rings. The van der Waals surface area contributed by atoms with Gasteiger partial charge < -0.3 is 10.6 Å². The summed E-state index contributed by atoms with van der Waals surface area (Å²) in [5, 5.41) is 0. The second kappa shape index (κ2) is 6.94. The number of hydrogen-bond acceptors (Lipinski definition) is 3. The summed E-state index contributed by atoms with van der Waals surface area (Å²) in [5.74, 6) is 0.135. The monoisotopic (exact) mass is 297 g/mol. The van der Waals surface area contributed by atoms with E-state index in [4.69, 9.17) is 5.73 Å². The number of rotatable bonds is 4. The van der Waals surface area contributed by atoms with Gasteiger partial charge in [0.15, 0.2) is 0 Å². The molecule has 108 valence electrons. The maximum atomic E-state index is 12.0. The second-order valence-electron chi connectivity index (χ2n) is 5.27. The van der Waals surface area contributed by atoms with Gasteiger partial charge in [0.2, 0.25) is 5.91 Å². The molecule has 0 aromatic carbocycles. The van der Waals surface area contributed by atoms with Crippen molar-refractivity contribution in [3.8, 4) is 0 Å². The van der Waals surface area contributed by atoms with E-state index >= 15 is 0 Å². The van der Waals surface area contributed by atoms with Crippen LogP contribution in [0.15, 0.2) is 0 Å². The molecule has 2 N–H and O–H groups in total. The molecule has 18 heavy (non-hydrogen) atoms. The Kier molecular flexibility index (Phi) is 6.93. The number of likely N-dealkylation sites (tertiary alicyclic amines) is 1. The molecule has 1 amide bonds. The number of likely N-dealkylation sites (N-methyl/N-ethyl adjacent to an activating group) is 2. The molecule has 1 aliphatic carbocycles. The lowest BCUT2D eigenvalue weighted by Gasteiger charge is -2.29. The zero-order valence-electron chi connectivity index (χ0n) is 11.2. The van der Waals surface area contributed by atoms with Crippen molar-refractivity contribution in [2.24, 2.45) is 5.73 Å². The first kappa shape index (κ1) is 18.0. The molecule has 1 saturated carbocycles. The third-order valence-corrected chi connectivity index (χ3v) is 3.95. The Morgan fingerprint density at radius 1 is 1.44 bits per heavy atom. The minimum Gasteiger partial charge on any atom is -0.343 e. The summed E-state index contributed by atoms with van der Waals surface area (Å²) >= 11 is 0. The van der Waals surface area contributed by atoms with Crippen LogP contribution >= 0.6 is 24.8 Å². The Bertz CT molecular complexity index is 284. The predicted octanol–water partition coefficient (Wildman–Crippen LogP) is 1.26. The van der Waals surface area contributed by atoms with E-state index in [0.717, 1.165) is 25.9 Å². The lowest BCUT2D eigenvalue weighted by Crippen LogP contribution is -2.48. The summed E-state index contributed by atoms with van der Waals surface area (Å²) < 4.78 is 0. The summed E-state index contributed by atoms with van der Waals surface area (Å²) in [6, 6.07) is 0.543. The highest BCUT2D eigenvalue weighted by Gasteiger charge is 2.47. The minimum absolute atomic E-state index is 0. The fourth-order valence-electron chi connectivity index (χ4n) is 2.65. The number of nitrogens with two attached hydrogens (primary N) is 1. The van der Waals surface area contributed by atoms with Crippen LogP contribution in [0.1, 0.15) is 32.6 Å². The van der Waals surface area contributed by atoms with Gasteiger partial charge in [-0.3, -0.25) is 9.69 Å². The topological polar surface area (TPSA) is 49.6 Å². The van der Waals surface area contributed by atoms with Gasteiger partial charge in [-0.15, -0.1) is 24.8 Å². The first-order valence-electron chi connectivity index (χ1n) is 6.35. The van der Waals surface area contributed by atoms with Crippen LogP contribution in [0.25, 0.3) is 0 Å². The normalized spacial score (nSPS) is 24.9. The summed E-state index contributed by atoms with van der Waals surface area (Å²) in [7, 11) is 1.89. The Morgan fingerprint density at radius 3 is 2.56 bits per heavy atom. The Labute approximate surface area is 122 Å². The molecule has 6 heteroatoms. The van der Waals surface area contributed by atoms with E-state index in [1.54, 1.807) is 0 Å². The van der Waals surface area contributed by atoms with Crippen LogP contribution < -0.4 is 5.73 Å². The van der Waals surface area contributed by atoms with Crippen molar-refractivity contribution >= 4 is 30.7 Å². The highest BCUT2D eigenvalue weighted by Crippen LogP contribution is 2.34. The molecule has 2 rings (SSSR count). The summed E-state index contributed by atoms with van der Waals surface area (Å²) in [5.41, 5.74) is 5.42. The summed E-state index contributed by atoms with van der Waals surface area (Å²) in [6.45, 7) is 5.29. The largest absolute Gasteiger partial charge is 0.343 e. The molecular weight excluding hydrogens is 273 g/mol. The molecule has 0 aromatic heterocycles.